The van der Waals surface area contributed by atoms with Crippen molar-refractivity contribution in [3.05, 3.63) is 0 Å². The van der Waals surface area contributed by atoms with Gasteiger partial charge in [-0.25, -0.2) is 0 Å². The monoisotopic (exact) mass is 238 g/mol. The van der Waals surface area contributed by atoms with Crippen LogP contribution in [0.4, 0.5) is 0 Å². The second-order valence-electron chi connectivity index (χ2n) is 6.59. The predicted octanol–water partition coefficient (Wildman–Crippen LogP) is 3.03. The normalized spacial score (nSPS) is 31.2. The first kappa shape index (κ1) is 13.4. The molecule has 0 radical (unpaired) electrons. The Bertz CT molecular complexity index is 241. The van der Waals surface area contributed by atoms with E-state index in [-0.39, 0.29) is 0 Å². The minimum atomic E-state index is 0.467. The summed E-state index contributed by atoms with van der Waals surface area (Å²) in [6, 6.07) is 1.47. The molecule has 2 aliphatic rings. The van der Waals surface area contributed by atoms with E-state index in [9.17, 15) is 0 Å². The molecule has 2 unspecified atom stereocenters. The summed E-state index contributed by atoms with van der Waals surface area (Å²) in [5.41, 5.74) is 0.467. The van der Waals surface area contributed by atoms with Crippen LogP contribution in [-0.2, 0) is 0 Å². The highest BCUT2D eigenvalue weighted by Gasteiger charge is 2.42. The van der Waals surface area contributed by atoms with Crippen molar-refractivity contribution in [2.75, 3.05) is 13.1 Å². The molecule has 1 spiro atoms. The number of nitrogens with one attached hydrogen (secondary N) is 1. The van der Waals surface area contributed by atoms with Crippen molar-refractivity contribution in [2.45, 2.75) is 77.4 Å². The van der Waals surface area contributed by atoms with Crippen LogP contribution in [0.1, 0.15) is 59.8 Å². The quantitative estimate of drug-likeness (QED) is 0.813. The standard InChI is InChI=1S/C15H30N2/c1-5-14-10-16-15(8-6-7-9-15)11-17(14)13(4)12(2)3/h12-14,16H,5-11H2,1-4H3. The van der Waals surface area contributed by atoms with Crippen LogP contribution in [0, 0.1) is 5.92 Å². The molecule has 1 aliphatic carbocycles. The minimum absolute atomic E-state index is 0.467. The van der Waals surface area contributed by atoms with E-state index >= 15 is 0 Å². The maximum atomic E-state index is 3.88. The zero-order chi connectivity index (χ0) is 12.5. The molecule has 2 fully saturated rings. The molecule has 2 nitrogen and oxygen atoms in total. The largest absolute Gasteiger partial charge is 0.308 e. The number of hydrogen-bond donors (Lipinski definition) is 1. The van der Waals surface area contributed by atoms with Crippen molar-refractivity contribution in [2.24, 2.45) is 5.92 Å². The molecule has 17 heavy (non-hydrogen) atoms. The fourth-order valence-corrected chi connectivity index (χ4v) is 3.61. The third kappa shape index (κ3) is 2.68. The Morgan fingerprint density at radius 3 is 2.41 bits per heavy atom. The maximum absolute atomic E-state index is 3.88. The highest BCUT2D eigenvalue weighted by molar-refractivity contribution is 5.01. The van der Waals surface area contributed by atoms with Crippen LogP contribution in [0.25, 0.3) is 0 Å². The van der Waals surface area contributed by atoms with Gasteiger partial charge in [0.15, 0.2) is 0 Å². The summed E-state index contributed by atoms with van der Waals surface area (Å²) in [4.78, 5) is 2.80. The average molecular weight is 238 g/mol. The molecule has 0 amide bonds. The Morgan fingerprint density at radius 2 is 1.88 bits per heavy atom. The van der Waals surface area contributed by atoms with E-state index in [0.29, 0.717) is 5.54 Å². The van der Waals surface area contributed by atoms with Crippen molar-refractivity contribution in [1.82, 2.24) is 10.2 Å². The molecule has 2 rings (SSSR count). The molecule has 100 valence electrons. The number of rotatable bonds is 3. The summed E-state index contributed by atoms with van der Waals surface area (Å²) < 4.78 is 0. The molecule has 0 aromatic carbocycles. The summed E-state index contributed by atoms with van der Waals surface area (Å²) >= 11 is 0. The van der Waals surface area contributed by atoms with Crippen molar-refractivity contribution < 1.29 is 0 Å². The second-order valence-corrected chi connectivity index (χ2v) is 6.59. The Hall–Kier alpha value is -0.0800. The van der Waals surface area contributed by atoms with Crippen LogP contribution in [-0.4, -0.2) is 35.6 Å². The molecule has 0 aromatic heterocycles. The highest BCUT2D eigenvalue weighted by atomic mass is 15.3. The molecule has 1 heterocycles. The number of nitrogens with zero attached hydrogens (tertiary/aromatic N) is 1. The molecular formula is C15H30N2. The summed E-state index contributed by atoms with van der Waals surface area (Å²) in [6.07, 6.45) is 6.91. The Kier molecular flexibility index (Phi) is 4.14. The Morgan fingerprint density at radius 1 is 1.24 bits per heavy atom. The number of hydrogen-bond acceptors (Lipinski definition) is 2. The molecule has 0 bridgehead atoms. The maximum Gasteiger partial charge on any atom is 0.0309 e. The smallest absolute Gasteiger partial charge is 0.0309 e. The van der Waals surface area contributed by atoms with Crippen molar-refractivity contribution >= 4 is 0 Å². The van der Waals surface area contributed by atoms with Crippen LogP contribution in [0.2, 0.25) is 0 Å². The van der Waals surface area contributed by atoms with Gasteiger partial charge in [0, 0.05) is 30.7 Å². The van der Waals surface area contributed by atoms with Crippen LogP contribution in [0.5, 0.6) is 0 Å². The zero-order valence-corrected chi connectivity index (χ0v) is 12.1. The molecule has 1 saturated heterocycles. The van der Waals surface area contributed by atoms with Gasteiger partial charge in [0.1, 0.15) is 0 Å². The molecule has 1 aliphatic heterocycles. The predicted molar refractivity (Wildman–Crippen MR) is 74.3 cm³/mol. The van der Waals surface area contributed by atoms with E-state index in [1.54, 1.807) is 0 Å². The molecular weight excluding hydrogens is 208 g/mol. The van der Waals surface area contributed by atoms with E-state index in [1.165, 1.54) is 45.2 Å². The van der Waals surface area contributed by atoms with Gasteiger partial charge in [0.2, 0.25) is 0 Å². The van der Waals surface area contributed by atoms with E-state index in [0.717, 1.165) is 18.0 Å². The van der Waals surface area contributed by atoms with Crippen LogP contribution < -0.4 is 5.32 Å². The molecule has 0 aromatic rings. The average Bonchev–Trinajstić information content (AvgIpc) is 2.76. The lowest BCUT2D eigenvalue weighted by molar-refractivity contribution is 0.0306. The third-order valence-corrected chi connectivity index (χ3v) is 5.19. The first-order valence-electron chi connectivity index (χ1n) is 7.59. The zero-order valence-electron chi connectivity index (χ0n) is 12.1. The van der Waals surface area contributed by atoms with Gasteiger partial charge in [-0.15, -0.1) is 0 Å². The van der Waals surface area contributed by atoms with E-state index in [4.69, 9.17) is 0 Å². The first-order valence-corrected chi connectivity index (χ1v) is 7.59. The van der Waals surface area contributed by atoms with Gasteiger partial charge in [-0.3, -0.25) is 4.90 Å². The molecule has 1 N–H and O–H groups in total. The van der Waals surface area contributed by atoms with Gasteiger partial charge in [-0.2, -0.15) is 0 Å². The molecule has 1 saturated carbocycles. The fourth-order valence-electron chi connectivity index (χ4n) is 3.61. The molecule has 2 atom stereocenters. The first-order chi connectivity index (χ1) is 8.08. The summed E-state index contributed by atoms with van der Waals surface area (Å²) in [7, 11) is 0. The van der Waals surface area contributed by atoms with E-state index in [1.807, 2.05) is 0 Å². The highest BCUT2D eigenvalue weighted by Crippen LogP contribution is 2.35. The van der Waals surface area contributed by atoms with Gasteiger partial charge in [-0.1, -0.05) is 33.6 Å². The van der Waals surface area contributed by atoms with Crippen molar-refractivity contribution in [3.63, 3.8) is 0 Å². The fraction of sp³-hybridized carbons (Fsp3) is 1.00. The number of piperazine rings is 1. The second kappa shape index (κ2) is 5.27. The minimum Gasteiger partial charge on any atom is -0.308 e. The van der Waals surface area contributed by atoms with Crippen LogP contribution >= 0.6 is 0 Å². The van der Waals surface area contributed by atoms with Gasteiger partial charge in [0.25, 0.3) is 0 Å². The van der Waals surface area contributed by atoms with Gasteiger partial charge < -0.3 is 5.32 Å². The summed E-state index contributed by atoms with van der Waals surface area (Å²) in [5.74, 6) is 0.764. The summed E-state index contributed by atoms with van der Waals surface area (Å²) in [6.45, 7) is 12.0. The lowest BCUT2D eigenvalue weighted by atomic mass is 9.89. The SMILES string of the molecule is CCC1CNC2(CCCC2)CN1C(C)C(C)C. The van der Waals surface area contributed by atoms with Crippen LogP contribution in [0.3, 0.4) is 0 Å². The van der Waals surface area contributed by atoms with Crippen LogP contribution in [0.15, 0.2) is 0 Å². The lowest BCUT2D eigenvalue weighted by Crippen LogP contribution is -2.65. The van der Waals surface area contributed by atoms with Gasteiger partial charge >= 0.3 is 0 Å². The van der Waals surface area contributed by atoms with Crippen molar-refractivity contribution in [1.29, 1.82) is 0 Å². The summed E-state index contributed by atoms with van der Waals surface area (Å²) in [5, 5.41) is 3.88. The van der Waals surface area contributed by atoms with E-state index in [2.05, 4.69) is 37.9 Å². The van der Waals surface area contributed by atoms with Crippen molar-refractivity contribution in [3.8, 4) is 0 Å². The Labute approximate surface area is 107 Å². The lowest BCUT2D eigenvalue weighted by Gasteiger charge is -2.49. The van der Waals surface area contributed by atoms with Gasteiger partial charge in [0.05, 0.1) is 0 Å². The Balaban J connectivity index is 2.08. The topological polar surface area (TPSA) is 15.3 Å². The third-order valence-electron chi connectivity index (χ3n) is 5.19. The molecule has 2 heteroatoms. The van der Waals surface area contributed by atoms with E-state index < -0.39 is 0 Å². The van der Waals surface area contributed by atoms with Gasteiger partial charge in [-0.05, 0) is 32.1 Å².